The molecule has 0 radical (unpaired) electrons. The molecule has 0 aromatic heterocycles. The fourth-order valence-corrected chi connectivity index (χ4v) is 3.17. The van der Waals surface area contributed by atoms with Crippen molar-refractivity contribution in [1.82, 2.24) is 10.2 Å². The summed E-state index contributed by atoms with van der Waals surface area (Å²) in [7, 11) is 0. The van der Waals surface area contributed by atoms with Gasteiger partial charge in [0.05, 0.1) is 18.6 Å². The van der Waals surface area contributed by atoms with Gasteiger partial charge in [-0.1, -0.05) is 18.2 Å². The number of anilines is 2. The van der Waals surface area contributed by atoms with Crippen LogP contribution in [0, 0.1) is 0 Å². The molecule has 1 saturated heterocycles. The van der Waals surface area contributed by atoms with E-state index in [4.69, 9.17) is 4.74 Å². The number of hydrogen-bond donors (Lipinski definition) is 3. The van der Waals surface area contributed by atoms with Gasteiger partial charge < -0.3 is 25.6 Å². The van der Waals surface area contributed by atoms with Gasteiger partial charge in [0, 0.05) is 24.5 Å². The third-order valence-electron chi connectivity index (χ3n) is 4.68. The highest BCUT2D eigenvalue weighted by Crippen LogP contribution is 2.16. The molecule has 2 aromatic carbocycles. The number of esters is 1. The highest BCUT2D eigenvalue weighted by molar-refractivity contribution is 5.99. The van der Waals surface area contributed by atoms with Crippen molar-refractivity contribution in [2.24, 2.45) is 0 Å². The van der Waals surface area contributed by atoms with Gasteiger partial charge in [-0.25, -0.2) is 9.59 Å². The zero-order valence-corrected chi connectivity index (χ0v) is 17.1. The number of carbonyl (C=O) groups excluding carboxylic acids is 4. The quantitative estimate of drug-likeness (QED) is 0.615. The summed E-state index contributed by atoms with van der Waals surface area (Å²) in [5.41, 5.74) is 1.44. The van der Waals surface area contributed by atoms with E-state index in [1.54, 1.807) is 55.5 Å². The highest BCUT2D eigenvalue weighted by Gasteiger charge is 2.34. The van der Waals surface area contributed by atoms with Crippen molar-refractivity contribution < 1.29 is 23.9 Å². The summed E-state index contributed by atoms with van der Waals surface area (Å²) >= 11 is 0. The average Bonchev–Trinajstić information content (AvgIpc) is 2.76. The molecule has 1 heterocycles. The van der Waals surface area contributed by atoms with Crippen molar-refractivity contribution >= 4 is 35.2 Å². The van der Waals surface area contributed by atoms with Gasteiger partial charge in [-0.05, 0) is 43.3 Å². The van der Waals surface area contributed by atoms with Crippen molar-refractivity contribution in [2.45, 2.75) is 19.4 Å². The molecular weight excluding hydrogens is 400 g/mol. The van der Waals surface area contributed by atoms with Gasteiger partial charge in [0.15, 0.2) is 0 Å². The number of para-hydroxylation sites is 1. The Morgan fingerprint density at radius 2 is 1.71 bits per heavy atom. The Kier molecular flexibility index (Phi) is 7.21. The minimum absolute atomic E-state index is 0.201. The highest BCUT2D eigenvalue weighted by atomic mass is 16.5. The van der Waals surface area contributed by atoms with Gasteiger partial charge >= 0.3 is 12.0 Å². The SMILES string of the molecule is CCOC(=O)c1ccc(NC(=O)CC2C(=O)NCCN2C(=O)Nc2ccccc2)cc1. The van der Waals surface area contributed by atoms with Gasteiger partial charge in [0.2, 0.25) is 11.8 Å². The molecule has 0 saturated carbocycles. The van der Waals surface area contributed by atoms with Gasteiger partial charge in [-0.2, -0.15) is 0 Å². The second kappa shape index (κ2) is 10.2. The van der Waals surface area contributed by atoms with Crippen molar-refractivity contribution in [1.29, 1.82) is 0 Å². The lowest BCUT2D eigenvalue weighted by Crippen LogP contribution is -2.59. The second-order valence-electron chi connectivity index (χ2n) is 6.85. The summed E-state index contributed by atoms with van der Waals surface area (Å²) in [6.45, 7) is 2.59. The van der Waals surface area contributed by atoms with Crippen LogP contribution in [0.3, 0.4) is 0 Å². The van der Waals surface area contributed by atoms with E-state index in [1.807, 2.05) is 6.07 Å². The number of benzene rings is 2. The van der Waals surface area contributed by atoms with E-state index in [-0.39, 0.29) is 25.5 Å². The zero-order chi connectivity index (χ0) is 22.2. The van der Waals surface area contributed by atoms with E-state index in [9.17, 15) is 19.2 Å². The number of carbonyl (C=O) groups is 4. The van der Waals surface area contributed by atoms with Crippen LogP contribution in [0.15, 0.2) is 54.6 Å². The summed E-state index contributed by atoms with van der Waals surface area (Å²) in [4.78, 5) is 50.6. The third-order valence-corrected chi connectivity index (χ3v) is 4.68. The molecule has 1 aliphatic rings. The van der Waals surface area contributed by atoms with Crippen LogP contribution < -0.4 is 16.0 Å². The van der Waals surface area contributed by atoms with Crippen molar-refractivity contribution in [3.63, 3.8) is 0 Å². The van der Waals surface area contributed by atoms with E-state index in [0.29, 0.717) is 23.5 Å². The summed E-state index contributed by atoms with van der Waals surface area (Å²) in [5.74, 6) is -1.26. The van der Waals surface area contributed by atoms with Crippen LogP contribution in [0.1, 0.15) is 23.7 Å². The molecule has 0 aliphatic carbocycles. The number of amides is 4. The molecular formula is C22H24N4O5. The second-order valence-corrected chi connectivity index (χ2v) is 6.85. The van der Waals surface area contributed by atoms with E-state index < -0.39 is 23.9 Å². The zero-order valence-electron chi connectivity index (χ0n) is 17.1. The molecule has 3 rings (SSSR count). The number of piperazine rings is 1. The lowest BCUT2D eigenvalue weighted by molar-refractivity contribution is -0.130. The monoisotopic (exact) mass is 424 g/mol. The summed E-state index contributed by atoms with van der Waals surface area (Å²) in [6, 6.07) is 13.7. The molecule has 31 heavy (non-hydrogen) atoms. The number of nitrogens with one attached hydrogen (secondary N) is 3. The van der Waals surface area contributed by atoms with Gasteiger partial charge in [0.25, 0.3) is 0 Å². The molecule has 3 N–H and O–H groups in total. The van der Waals surface area contributed by atoms with Crippen LogP contribution in [0.25, 0.3) is 0 Å². The molecule has 1 atom stereocenters. The lowest BCUT2D eigenvalue weighted by Gasteiger charge is -2.34. The van der Waals surface area contributed by atoms with Crippen LogP contribution in [-0.4, -0.2) is 54.5 Å². The number of rotatable bonds is 6. The van der Waals surface area contributed by atoms with Crippen LogP contribution in [-0.2, 0) is 14.3 Å². The summed E-state index contributed by atoms with van der Waals surface area (Å²) in [6.07, 6.45) is -0.201. The molecule has 162 valence electrons. The Morgan fingerprint density at radius 1 is 1.03 bits per heavy atom. The van der Waals surface area contributed by atoms with E-state index >= 15 is 0 Å². The van der Waals surface area contributed by atoms with Crippen LogP contribution >= 0.6 is 0 Å². The lowest BCUT2D eigenvalue weighted by atomic mass is 10.1. The number of urea groups is 1. The molecule has 1 unspecified atom stereocenters. The fraction of sp³-hybridized carbons (Fsp3) is 0.273. The summed E-state index contributed by atoms with van der Waals surface area (Å²) in [5, 5.41) is 8.12. The van der Waals surface area contributed by atoms with E-state index in [2.05, 4.69) is 16.0 Å². The van der Waals surface area contributed by atoms with Crippen molar-refractivity contribution in [3.05, 3.63) is 60.2 Å². The first-order valence-electron chi connectivity index (χ1n) is 9.95. The number of hydrogen-bond acceptors (Lipinski definition) is 5. The normalized spacial score (nSPS) is 15.6. The molecule has 0 bridgehead atoms. The van der Waals surface area contributed by atoms with Gasteiger partial charge in [-0.15, -0.1) is 0 Å². The van der Waals surface area contributed by atoms with Crippen molar-refractivity contribution in [3.8, 4) is 0 Å². The molecule has 9 nitrogen and oxygen atoms in total. The first-order chi connectivity index (χ1) is 15.0. The predicted octanol–water partition coefficient (Wildman–Crippen LogP) is 2.22. The maximum absolute atomic E-state index is 12.7. The van der Waals surface area contributed by atoms with Crippen molar-refractivity contribution in [2.75, 3.05) is 30.3 Å². The van der Waals surface area contributed by atoms with Crippen LogP contribution in [0.2, 0.25) is 0 Å². The maximum atomic E-state index is 12.7. The molecule has 2 aromatic rings. The smallest absolute Gasteiger partial charge is 0.338 e. The van der Waals surface area contributed by atoms with Gasteiger partial charge in [-0.3, -0.25) is 9.59 Å². The fourth-order valence-electron chi connectivity index (χ4n) is 3.17. The first kappa shape index (κ1) is 21.8. The minimum Gasteiger partial charge on any atom is -0.462 e. The third kappa shape index (κ3) is 5.81. The summed E-state index contributed by atoms with van der Waals surface area (Å²) < 4.78 is 4.92. The van der Waals surface area contributed by atoms with E-state index in [1.165, 1.54) is 4.90 Å². The minimum atomic E-state index is -0.934. The first-order valence-corrected chi connectivity index (χ1v) is 9.95. The Balaban J connectivity index is 1.62. The Bertz CT molecular complexity index is 946. The van der Waals surface area contributed by atoms with Gasteiger partial charge in [0.1, 0.15) is 6.04 Å². The molecule has 0 spiro atoms. The Labute approximate surface area is 179 Å². The molecule has 4 amide bonds. The topological polar surface area (TPSA) is 117 Å². The predicted molar refractivity (Wildman–Crippen MR) is 115 cm³/mol. The molecule has 1 fully saturated rings. The maximum Gasteiger partial charge on any atom is 0.338 e. The largest absolute Gasteiger partial charge is 0.462 e. The average molecular weight is 424 g/mol. The Hall–Kier alpha value is -3.88. The molecule has 9 heteroatoms. The van der Waals surface area contributed by atoms with Crippen LogP contribution in [0.4, 0.5) is 16.2 Å². The van der Waals surface area contributed by atoms with E-state index in [0.717, 1.165) is 0 Å². The molecule has 1 aliphatic heterocycles. The standard InChI is InChI=1S/C22H24N4O5/c1-2-31-21(29)15-8-10-17(11-9-15)24-19(27)14-18-20(28)23-12-13-26(18)22(30)25-16-6-4-3-5-7-16/h3-11,18H,2,12-14H2,1H3,(H,23,28)(H,24,27)(H,25,30). The Morgan fingerprint density at radius 3 is 2.39 bits per heavy atom. The van der Waals surface area contributed by atoms with Crippen LogP contribution in [0.5, 0.6) is 0 Å². The number of ether oxygens (including phenoxy) is 1. The number of nitrogens with zero attached hydrogens (tertiary/aromatic N) is 1.